The van der Waals surface area contributed by atoms with Gasteiger partial charge in [-0.1, -0.05) is 62.3 Å². The molecule has 3 unspecified atom stereocenters. The van der Waals surface area contributed by atoms with E-state index in [1.807, 2.05) is 0 Å². The average molecular weight is 410 g/mol. The molecule has 29 heavy (non-hydrogen) atoms. The van der Waals surface area contributed by atoms with Crippen molar-refractivity contribution in [3.63, 3.8) is 0 Å². The van der Waals surface area contributed by atoms with E-state index in [1.165, 1.54) is 12.8 Å². The highest BCUT2D eigenvalue weighted by molar-refractivity contribution is 5.04. The van der Waals surface area contributed by atoms with Crippen LogP contribution in [-0.4, -0.2) is 30.6 Å². The molecule has 0 N–H and O–H groups in total. The zero-order valence-corrected chi connectivity index (χ0v) is 22.6. The summed E-state index contributed by atoms with van der Waals surface area (Å²) in [6, 6.07) is 1.19. The third-order valence-electron chi connectivity index (χ3n) is 7.65. The Morgan fingerprint density at radius 1 is 0.931 bits per heavy atom. The molecular formula is C27H55NO. The SMILES string of the molecule is C/C=C(\OCC)C(C)(C)CC(C)C(C)C(C)(C)CC(C)(C)C(CC)N(C)C(C)C. The third-order valence-corrected chi connectivity index (χ3v) is 7.65. The van der Waals surface area contributed by atoms with Crippen LogP contribution >= 0.6 is 0 Å². The molecule has 0 heterocycles. The lowest BCUT2D eigenvalue weighted by Gasteiger charge is -2.48. The Kier molecular flexibility index (Phi) is 11.0. The van der Waals surface area contributed by atoms with Gasteiger partial charge in [-0.05, 0) is 82.7 Å². The van der Waals surface area contributed by atoms with Crippen molar-refractivity contribution >= 4 is 0 Å². The minimum atomic E-state index is 0.0772. The lowest BCUT2D eigenvalue weighted by atomic mass is 9.61. The second-order valence-electron chi connectivity index (χ2n) is 11.8. The van der Waals surface area contributed by atoms with E-state index >= 15 is 0 Å². The van der Waals surface area contributed by atoms with Gasteiger partial charge in [-0.15, -0.1) is 0 Å². The van der Waals surface area contributed by atoms with Gasteiger partial charge in [0, 0.05) is 17.5 Å². The van der Waals surface area contributed by atoms with Gasteiger partial charge in [-0.3, -0.25) is 0 Å². The summed E-state index contributed by atoms with van der Waals surface area (Å²) in [4.78, 5) is 2.58. The van der Waals surface area contributed by atoms with Gasteiger partial charge in [0.2, 0.25) is 0 Å². The van der Waals surface area contributed by atoms with Crippen molar-refractivity contribution in [3.8, 4) is 0 Å². The first kappa shape index (κ1) is 28.5. The van der Waals surface area contributed by atoms with Crippen LogP contribution in [0.5, 0.6) is 0 Å². The molecule has 174 valence electrons. The van der Waals surface area contributed by atoms with Crippen LogP contribution in [0.1, 0.15) is 109 Å². The fourth-order valence-corrected chi connectivity index (χ4v) is 5.88. The van der Waals surface area contributed by atoms with Crippen molar-refractivity contribution < 1.29 is 4.74 Å². The molecule has 0 rings (SSSR count). The van der Waals surface area contributed by atoms with E-state index < -0.39 is 0 Å². The normalized spacial score (nSPS) is 17.6. The van der Waals surface area contributed by atoms with Crippen molar-refractivity contribution in [3.05, 3.63) is 11.8 Å². The predicted molar refractivity (Wildman–Crippen MR) is 131 cm³/mol. The molecule has 0 aromatic heterocycles. The standard InChI is InChI=1S/C27H55NO/c1-15-23(28(14)20(4)5)27(12,13)19-26(10,11)22(7)21(6)18-25(8,9)24(16-2)29-17-3/h16,20-23H,15,17-19H2,1-14H3/b24-16-. The van der Waals surface area contributed by atoms with Gasteiger partial charge in [0.25, 0.3) is 0 Å². The molecule has 0 aliphatic heterocycles. The van der Waals surface area contributed by atoms with Crippen LogP contribution in [0, 0.1) is 28.1 Å². The lowest BCUT2D eigenvalue weighted by Crippen LogP contribution is -2.48. The molecule has 0 fully saturated rings. The second kappa shape index (κ2) is 11.2. The molecule has 0 amide bonds. The maximum atomic E-state index is 5.95. The van der Waals surface area contributed by atoms with E-state index in [4.69, 9.17) is 4.74 Å². The van der Waals surface area contributed by atoms with Gasteiger partial charge in [0.1, 0.15) is 0 Å². The summed E-state index contributed by atoms with van der Waals surface area (Å²) in [6.45, 7) is 31.4. The summed E-state index contributed by atoms with van der Waals surface area (Å²) in [5, 5.41) is 0. The molecule has 0 spiro atoms. The zero-order valence-electron chi connectivity index (χ0n) is 22.6. The van der Waals surface area contributed by atoms with E-state index in [9.17, 15) is 0 Å². The van der Waals surface area contributed by atoms with Crippen molar-refractivity contribution in [2.75, 3.05) is 13.7 Å². The molecule has 0 bridgehead atoms. The molecule has 3 atom stereocenters. The highest BCUT2D eigenvalue weighted by Crippen LogP contribution is 2.48. The largest absolute Gasteiger partial charge is 0.498 e. The Balaban J connectivity index is 5.42. The van der Waals surface area contributed by atoms with Crippen molar-refractivity contribution in [2.45, 2.75) is 121 Å². The van der Waals surface area contributed by atoms with Crippen LogP contribution in [0.15, 0.2) is 11.8 Å². The summed E-state index contributed by atoms with van der Waals surface area (Å²) in [5.41, 5.74) is 0.639. The van der Waals surface area contributed by atoms with Crippen molar-refractivity contribution in [1.29, 1.82) is 0 Å². The summed E-state index contributed by atoms with van der Waals surface area (Å²) in [6.07, 6.45) is 5.75. The fourth-order valence-electron chi connectivity index (χ4n) is 5.88. The van der Waals surface area contributed by atoms with E-state index in [0.717, 1.165) is 18.8 Å². The van der Waals surface area contributed by atoms with E-state index in [0.29, 0.717) is 23.9 Å². The van der Waals surface area contributed by atoms with E-state index in [2.05, 4.69) is 108 Å². The van der Waals surface area contributed by atoms with Crippen molar-refractivity contribution in [2.24, 2.45) is 28.1 Å². The van der Waals surface area contributed by atoms with Crippen LogP contribution in [-0.2, 0) is 4.74 Å². The second-order valence-corrected chi connectivity index (χ2v) is 11.8. The quantitative estimate of drug-likeness (QED) is 0.284. The summed E-state index contributed by atoms with van der Waals surface area (Å²) >= 11 is 0. The molecule has 0 aromatic rings. The minimum Gasteiger partial charge on any atom is -0.498 e. The number of nitrogens with zero attached hydrogens (tertiary/aromatic N) is 1. The van der Waals surface area contributed by atoms with Gasteiger partial charge < -0.3 is 9.64 Å². The maximum Gasteiger partial charge on any atom is 0.0973 e. The molecule has 0 saturated heterocycles. The van der Waals surface area contributed by atoms with Gasteiger partial charge in [-0.2, -0.15) is 0 Å². The van der Waals surface area contributed by atoms with Gasteiger partial charge >= 0.3 is 0 Å². The zero-order chi connectivity index (χ0) is 23.2. The summed E-state index contributed by atoms with van der Waals surface area (Å²) in [7, 11) is 2.30. The minimum absolute atomic E-state index is 0.0772. The summed E-state index contributed by atoms with van der Waals surface area (Å²) in [5.74, 6) is 2.42. The Morgan fingerprint density at radius 3 is 1.83 bits per heavy atom. The third kappa shape index (κ3) is 7.93. The van der Waals surface area contributed by atoms with Gasteiger partial charge in [-0.25, -0.2) is 0 Å². The average Bonchev–Trinajstić information content (AvgIpc) is 2.57. The molecule has 2 heteroatoms. The summed E-state index contributed by atoms with van der Waals surface area (Å²) < 4.78 is 5.95. The molecule has 0 aliphatic rings. The van der Waals surface area contributed by atoms with Crippen molar-refractivity contribution in [1.82, 2.24) is 4.90 Å². The highest BCUT2D eigenvalue weighted by atomic mass is 16.5. The van der Waals surface area contributed by atoms with E-state index in [1.54, 1.807) is 0 Å². The number of ether oxygens (including phenoxy) is 1. The molecule has 0 aromatic carbocycles. The van der Waals surface area contributed by atoms with Crippen LogP contribution in [0.4, 0.5) is 0 Å². The molecule has 0 radical (unpaired) electrons. The number of hydrogen-bond acceptors (Lipinski definition) is 2. The lowest BCUT2D eigenvalue weighted by molar-refractivity contribution is 0.0139. The Labute approximate surface area is 184 Å². The first-order chi connectivity index (χ1) is 13.1. The molecule has 0 saturated carbocycles. The first-order valence-corrected chi connectivity index (χ1v) is 12.1. The Hall–Kier alpha value is -0.500. The van der Waals surface area contributed by atoms with Crippen LogP contribution < -0.4 is 0 Å². The van der Waals surface area contributed by atoms with Gasteiger partial charge in [0.15, 0.2) is 0 Å². The predicted octanol–water partition coefficient (Wildman–Crippen LogP) is 8.18. The Bertz CT molecular complexity index is 501. The maximum absolute atomic E-state index is 5.95. The van der Waals surface area contributed by atoms with Crippen LogP contribution in [0.3, 0.4) is 0 Å². The van der Waals surface area contributed by atoms with E-state index in [-0.39, 0.29) is 16.2 Å². The number of allylic oxidation sites excluding steroid dienone is 2. The van der Waals surface area contributed by atoms with Crippen LogP contribution in [0.25, 0.3) is 0 Å². The van der Waals surface area contributed by atoms with Gasteiger partial charge in [0.05, 0.1) is 12.4 Å². The number of rotatable bonds is 13. The molecule has 2 nitrogen and oxygen atoms in total. The molecular weight excluding hydrogens is 354 g/mol. The molecule has 0 aliphatic carbocycles. The topological polar surface area (TPSA) is 12.5 Å². The smallest absolute Gasteiger partial charge is 0.0973 e. The number of hydrogen-bond donors (Lipinski definition) is 0. The highest BCUT2D eigenvalue weighted by Gasteiger charge is 2.41. The Morgan fingerprint density at radius 2 is 1.45 bits per heavy atom. The first-order valence-electron chi connectivity index (χ1n) is 12.1. The van der Waals surface area contributed by atoms with Crippen LogP contribution in [0.2, 0.25) is 0 Å². The monoisotopic (exact) mass is 409 g/mol. The fraction of sp³-hybridized carbons (Fsp3) is 0.926.